The van der Waals surface area contributed by atoms with Crippen LogP contribution < -0.4 is 5.32 Å². The fraction of sp³-hybridized carbons (Fsp3) is 0.143. The maximum absolute atomic E-state index is 10.8. The van der Waals surface area contributed by atoms with E-state index in [2.05, 4.69) is 21.2 Å². The molecular formula is C14H12BrClN2O2. The highest BCUT2D eigenvalue weighted by Crippen LogP contribution is 2.28. The largest absolute Gasteiger partial charge is 0.380 e. The molecule has 0 bridgehead atoms. The monoisotopic (exact) mass is 354 g/mol. The van der Waals surface area contributed by atoms with Gasteiger partial charge in [0.25, 0.3) is 5.69 Å². The number of nitrogens with zero attached hydrogens (tertiary/aromatic N) is 1. The van der Waals surface area contributed by atoms with Crippen LogP contribution in [0.2, 0.25) is 5.02 Å². The molecule has 2 aromatic carbocycles. The number of aryl methyl sites for hydroxylation is 1. The second-order valence-electron chi connectivity index (χ2n) is 4.32. The predicted octanol–water partition coefficient (Wildman–Crippen LogP) is 4.93. The lowest BCUT2D eigenvalue weighted by molar-refractivity contribution is -0.384. The molecule has 6 heteroatoms. The average Bonchev–Trinajstić information content (AvgIpc) is 2.41. The summed E-state index contributed by atoms with van der Waals surface area (Å²) in [6.07, 6.45) is 0. The fourth-order valence-electron chi connectivity index (χ4n) is 1.78. The van der Waals surface area contributed by atoms with Gasteiger partial charge in [-0.05, 0) is 46.1 Å². The van der Waals surface area contributed by atoms with Crippen LogP contribution in [0.5, 0.6) is 0 Å². The maximum atomic E-state index is 10.8. The van der Waals surface area contributed by atoms with Gasteiger partial charge in [0.2, 0.25) is 0 Å². The normalized spacial score (nSPS) is 10.3. The molecule has 0 spiro atoms. The van der Waals surface area contributed by atoms with Crippen molar-refractivity contribution in [2.45, 2.75) is 13.5 Å². The zero-order valence-corrected chi connectivity index (χ0v) is 13.0. The van der Waals surface area contributed by atoms with Crippen LogP contribution in [-0.4, -0.2) is 4.92 Å². The van der Waals surface area contributed by atoms with Crippen LogP contribution in [-0.2, 0) is 6.54 Å². The Morgan fingerprint density at radius 2 is 2.10 bits per heavy atom. The molecule has 0 atom stereocenters. The molecule has 104 valence electrons. The predicted molar refractivity (Wildman–Crippen MR) is 84.3 cm³/mol. The first kappa shape index (κ1) is 14.8. The third-order valence-electron chi connectivity index (χ3n) is 2.90. The summed E-state index contributed by atoms with van der Waals surface area (Å²) in [5, 5.41) is 14.5. The van der Waals surface area contributed by atoms with Crippen molar-refractivity contribution in [3.8, 4) is 0 Å². The number of anilines is 1. The van der Waals surface area contributed by atoms with E-state index in [-0.39, 0.29) is 5.69 Å². The highest BCUT2D eigenvalue weighted by molar-refractivity contribution is 9.10. The number of non-ortho nitro benzene ring substituents is 1. The topological polar surface area (TPSA) is 55.2 Å². The van der Waals surface area contributed by atoms with Crippen LogP contribution in [0.15, 0.2) is 40.9 Å². The molecule has 0 aliphatic carbocycles. The number of hydrogen-bond acceptors (Lipinski definition) is 3. The Morgan fingerprint density at radius 1 is 1.35 bits per heavy atom. The van der Waals surface area contributed by atoms with E-state index in [1.807, 2.05) is 25.1 Å². The zero-order valence-electron chi connectivity index (χ0n) is 10.7. The van der Waals surface area contributed by atoms with Crippen molar-refractivity contribution < 1.29 is 4.92 Å². The van der Waals surface area contributed by atoms with E-state index < -0.39 is 4.92 Å². The van der Waals surface area contributed by atoms with E-state index in [0.29, 0.717) is 17.1 Å². The number of rotatable bonds is 4. The van der Waals surface area contributed by atoms with E-state index in [9.17, 15) is 10.1 Å². The second kappa shape index (κ2) is 6.24. The van der Waals surface area contributed by atoms with E-state index in [4.69, 9.17) is 11.6 Å². The molecule has 0 radical (unpaired) electrons. The zero-order chi connectivity index (χ0) is 14.7. The Balaban J connectivity index is 2.20. The lowest BCUT2D eigenvalue weighted by atomic mass is 10.2. The van der Waals surface area contributed by atoms with Crippen molar-refractivity contribution in [2.75, 3.05) is 5.32 Å². The molecule has 2 rings (SSSR count). The molecule has 4 nitrogen and oxygen atoms in total. The molecule has 0 aliphatic heterocycles. The van der Waals surface area contributed by atoms with Gasteiger partial charge in [0, 0.05) is 33.9 Å². The fourth-order valence-corrected chi connectivity index (χ4v) is 2.37. The van der Waals surface area contributed by atoms with Gasteiger partial charge in [-0.3, -0.25) is 10.1 Å². The first-order valence-corrected chi connectivity index (χ1v) is 7.08. The number of nitro groups is 1. The Morgan fingerprint density at radius 3 is 2.80 bits per heavy atom. The standard InChI is InChI=1S/C14H12BrClN2O2/c1-9-3-2-4-13(14(9)15)17-8-10-7-11(18(19)20)5-6-12(10)16/h2-7,17H,8H2,1H3. The molecule has 0 saturated heterocycles. The molecule has 2 aromatic rings. The van der Waals surface area contributed by atoms with Gasteiger partial charge in [-0.15, -0.1) is 0 Å². The van der Waals surface area contributed by atoms with E-state index >= 15 is 0 Å². The quantitative estimate of drug-likeness (QED) is 0.625. The summed E-state index contributed by atoms with van der Waals surface area (Å²) >= 11 is 9.57. The van der Waals surface area contributed by atoms with Crippen LogP contribution in [0.25, 0.3) is 0 Å². The average molecular weight is 356 g/mol. The van der Waals surface area contributed by atoms with E-state index in [0.717, 1.165) is 15.7 Å². The molecule has 0 saturated carbocycles. The number of nitrogens with one attached hydrogen (secondary N) is 1. The third kappa shape index (κ3) is 3.29. The van der Waals surface area contributed by atoms with Crippen molar-refractivity contribution in [1.82, 2.24) is 0 Å². The molecule has 0 fully saturated rings. The summed E-state index contributed by atoms with van der Waals surface area (Å²) < 4.78 is 0.974. The van der Waals surface area contributed by atoms with Crippen molar-refractivity contribution in [3.05, 3.63) is 67.1 Å². The molecule has 0 amide bonds. The van der Waals surface area contributed by atoms with Crippen LogP contribution in [0.4, 0.5) is 11.4 Å². The molecule has 1 N–H and O–H groups in total. The van der Waals surface area contributed by atoms with Crippen LogP contribution in [0.3, 0.4) is 0 Å². The molecular weight excluding hydrogens is 344 g/mol. The molecule has 0 aliphatic rings. The maximum Gasteiger partial charge on any atom is 0.269 e. The number of halogens is 2. The van der Waals surface area contributed by atoms with Gasteiger partial charge in [0.15, 0.2) is 0 Å². The van der Waals surface area contributed by atoms with Gasteiger partial charge in [0.1, 0.15) is 0 Å². The summed E-state index contributed by atoms with van der Waals surface area (Å²) in [5.41, 5.74) is 2.76. The van der Waals surface area contributed by atoms with Gasteiger partial charge in [-0.1, -0.05) is 23.7 Å². The smallest absolute Gasteiger partial charge is 0.269 e. The first-order valence-electron chi connectivity index (χ1n) is 5.91. The lowest BCUT2D eigenvalue weighted by Crippen LogP contribution is -2.02. The summed E-state index contributed by atoms with van der Waals surface area (Å²) in [5.74, 6) is 0. The minimum absolute atomic E-state index is 0.0366. The summed E-state index contributed by atoms with van der Waals surface area (Å²) in [4.78, 5) is 10.3. The van der Waals surface area contributed by atoms with Gasteiger partial charge < -0.3 is 5.32 Å². The minimum atomic E-state index is -0.428. The molecule has 0 unspecified atom stereocenters. The van der Waals surface area contributed by atoms with Gasteiger partial charge in [0.05, 0.1) is 4.92 Å². The van der Waals surface area contributed by atoms with E-state index in [1.165, 1.54) is 12.1 Å². The van der Waals surface area contributed by atoms with Crippen molar-refractivity contribution in [3.63, 3.8) is 0 Å². The Hall–Kier alpha value is -1.59. The Kier molecular flexibility index (Phi) is 4.62. The second-order valence-corrected chi connectivity index (χ2v) is 5.52. The molecule has 20 heavy (non-hydrogen) atoms. The Bertz CT molecular complexity index is 662. The Labute approximate surface area is 130 Å². The number of nitro benzene ring substituents is 1. The SMILES string of the molecule is Cc1cccc(NCc2cc([N+](=O)[O-])ccc2Cl)c1Br. The number of hydrogen-bond donors (Lipinski definition) is 1. The summed E-state index contributed by atoms with van der Waals surface area (Å²) in [6.45, 7) is 2.41. The molecule has 0 heterocycles. The van der Waals surface area contributed by atoms with Crippen molar-refractivity contribution in [2.24, 2.45) is 0 Å². The van der Waals surface area contributed by atoms with Gasteiger partial charge in [-0.2, -0.15) is 0 Å². The first-order chi connectivity index (χ1) is 9.49. The van der Waals surface area contributed by atoms with E-state index in [1.54, 1.807) is 6.07 Å². The highest BCUT2D eigenvalue weighted by Gasteiger charge is 2.10. The molecule has 0 aromatic heterocycles. The number of benzene rings is 2. The van der Waals surface area contributed by atoms with Crippen LogP contribution in [0.1, 0.15) is 11.1 Å². The minimum Gasteiger partial charge on any atom is -0.380 e. The van der Waals surface area contributed by atoms with Crippen LogP contribution >= 0.6 is 27.5 Å². The summed E-state index contributed by atoms with van der Waals surface area (Å²) in [7, 11) is 0. The third-order valence-corrected chi connectivity index (χ3v) is 4.32. The highest BCUT2D eigenvalue weighted by atomic mass is 79.9. The van der Waals surface area contributed by atoms with Crippen LogP contribution in [0, 0.1) is 17.0 Å². The summed E-state index contributed by atoms with van der Waals surface area (Å²) in [6, 6.07) is 10.3. The van der Waals surface area contributed by atoms with Gasteiger partial charge >= 0.3 is 0 Å². The van der Waals surface area contributed by atoms with Crippen molar-refractivity contribution >= 4 is 38.9 Å². The van der Waals surface area contributed by atoms with Crippen molar-refractivity contribution in [1.29, 1.82) is 0 Å². The lowest BCUT2D eigenvalue weighted by Gasteiger charge is -2.11. The van der Waals surface area contributed by atoms with Gasteiger partial charge in [-0.25, -0.2) is 0 Å².